The first kappa shape index (κ1) is 14.3. The van der Waals surface area contributed by atoms with Gasteiger partial charge in [0.05, 0.1) is 0 Å². The number of rotatable bonds is 7. The van der Waals surface area contributed by atoms with Crippen LogP contribution >= 0.6 is 0 Å². The standard InChI is InChI=1S/C13H21FO2Si/c1-4-15-17(3,16-5-2)11-10-12-6-8-13(14)9-7-12/h6-9H,4-5,10-11H2,1-3H3. The molecule has 0 N–H and O–H groups in total. The smallest absolute Gasteiger partial charge is 0.335 e. The lowest BCUT2D eigenvalue weighted by Crippen LogP contribution is -2.39. The highest BCUT2D eigenvalue weighted by atomic mass is 28.4. The van der Waals surface area contributed by atoms with Gasteiger partial charge in [0.2, 0.25) is 0 Å². The van der Waals surface area contributed by atoms with Gasteiger partial charge in [0, 0.05) is 13.2 Å². The monoisotopic (exact) mass is 256 g/mol. The summed E-state index contributed by atoms with van der Waals surface area (Å²) in [5.41, 5.74) is 1.13. The Bertz CT molecular complexity index is 321. The molecule has 0 aliphatic carbocycles. The molecular formula is C13H21FO2Si. The lowest BCUT2D eigenvalue weighted by atomic mass is 10.2. The van der Waals surface area contributed by atoms with Crippen molar-refractivity contribution in [1.29, 1.82) is 0 Å². The number of aryl methyl sites for hydroxylation is 1. The number of hydrogen-bond donors (Lipinski definition) is 0. The first-order valence-electron chi connectivity index (χ1n) is 6.12. The van der Waals surface area contributed by atoms with E-state index in [-0.39, 0.29) is 5.82 Å². The van der Waals surface area contributed by atoms with E-state index in [0.29, 0.717) is 13.2 Å². The minimum Gasteiger partial charge on any atom is -0.395 e. The molecule has 0 saturated heterocycles. The lowest BCUT2D eigenvalue weighted by Gasteiger charge is -2.25. The molecule has 0 bridgehead atoms. The molecule has 0 saturated carbocycles. The Labute approximate surface area is 104 Å². The Morgan fingerprint density at radius 1 is 1.06 bits per heavy atom. The van der Waals surface area contributed by atoms with Crippen LogP contribution in [-0.2, 0) is 15.3 Å². The van der Waals surface area contributed by atoms with Crippen LogP contribution in [-0.4, -0.2) is 21.8 Å². The summed E-state index contributed by atoms with van der Waals surface area (Å²) in [6.45, 7) is 7.44. The van der Waals surface area contributed by atoms with Gasteiger partial charge < -0.3 is 8.85 Å². The van der Waals surface area contributed by atoms with Gasteiger partial charge in [0.25, 0.3) is 0 Å². The number of hydrogen-bond acceptors (Lipinski definition) is 2. The second kappa shape index (κ2) is 6.89. The fourth-order valence-corrected chi connectivity index (χ4v) is 4.16. The van der Waals surface area contributed by atoms with Gasteiger partial charge in [-0.15, -0.1) is 0 Å². The molecule has 2 nitrogen and oxygen atoms in total. The first-order chi connectivity index (χ1) is 8.09. The maximum atomic E-state index is 12.8. The average molecular weight is 256 g/mol. The largest absolute Gasteiger partial charge is 0.395 e. The molecule has 0 atom stereocenters. The number of benzene rings is 1. The van der Waals surface area contributed by atoms with Gasteiger partial charge in [-0.1, -0.05) is 12.1 Å². The van der Waals surface area contributed by atoms with Crippen molar-refractivity contribution in [2.24, 2.45) is 0 Å². The van der Waals surface area contributed by atoms with Crippen molar-refractivity contribution >= 4 is 8.56 Å². The van der Waals surface area contributed by atoms with Gasteiger partial charge >= 0.3 is 8.56 Å². The first-order valence-corrected chi connectivity index (χ1v) is 8.64. The van der Waals surface area contributed by atoms with Crippen LogP contribution < -0.4 is 0 Å². The van der Waals surface area contributed by atoms with Gasteiger partial charge in [-0.2, -0.15) is 0 Å². The molecule has 0 aliphatic rings. The molecule has 0 amide bonds. The molecule has 4 heteroatoms. The predicted molar refractivity (Wildman–Crippen MR) is 69.8 cm³/mol. The van der Waals surface area contributed by atoms with E-state index < -0.39 is 8.56 Å². The van der Waals surface area contributed by atoms with E-state index in [0.717, 1.165) is 18.0 Å². The molecule has 0 aromatic heterocycles. The molecule has 0 heterocycles. The maximum Gasteiger partial charge on any atom is 0.335 e. The normalized spacial score (nSPS) is 11.8. The molecule has 17 heavy (non-hydrogen) atoms. The number of halogens is 1. The molecule has 0 aliphatic heterocycles. The summed E-state index contributed by atoms with van der Waals surface area (Å²) in [5, 5.41) is 0. The van der Waals surface area contributed by atoms with Crippen LogP contribution in [0.4, 0.5) is 4.39 Å². The van der Waals surface area contributed by atoms with Crippen molar-refractivity contribution in [2.45, 2.75) is 32.9 Å². The fraction of sp³-hybridized carbons (Fsp3) is 0.538. The van der Waals surface area contributed by atoms with Crippen LogP contribution in [0.2, 0.25) is 12.6 Å². The van der Waals surface area contributed by atoms with Gasteiger partial charge in [0.15, 0.2) is 0 Å². The molecule has 1 aromatic rings. The topological polar surface area (TPSA) is 18.5 Å². The van der Waals surface area contributed by atoms with E-state index in [1.807, 2.05) is 26.0 Å². The highest BCUT2D eigenvalue weighted by Crippen LogP contribution is 2.17. The van der Waals surface area contributed by atoms with Gasteiger partial charge in [-0.3, -0.25) is 0 Å². The minimum atomic E-state index is -2.04. The maximum absolute atomic E-state index is 12.8. The third kappa shape index (κ3) is 4.98. The Hall–Kier alpha value is -0.713. The fourth-order valence-electron chi connectivity index (χ4n) is 1.82. The summed E-state index contributed by atoms with van der Waals surface area (Å²) in [4.78, 5) is 0. The molecule has 0 unspecified atom stereocenters. The molecule has 0 fully saturated rings. The van der Waals surface area contributed by atoms with Crippen molar-refractivity contribution in [3.63, 3.8) is 0 Å². The van der Waals surface area contributed by atoms with Crippen LogP contribution in [0.5, 0.6) is 0 Å². The Balaban J connectivity index is 2.54. The molecule has 1 aromatic carbocycles. The summed E-state index contributed by atoms with van der Waals surface area (Å²) in [5.74, 6) is -0.191. The SMILES string of the molecule is CCO[Si](C)(CCc1ccc(F)cc1)OCC. The van der Waals surface area contributed by atoms with Crippen molar-refractivity contribution in [2.75, 3.05) is 13.2 Å². The Morgan fingerprint density at radius 2 is 1.59 bits per heavy atom. The summed E-state index contributed by atoms with van der Waals surface area (Å²) in [6.07, 6.45) is 0.878. The van der Waals surface area contributed by atoms with Crippen LogP contribution in [0, 0.1) is 5.82 Å². The highest BCUT2D eigenvalue weighted by Gasteiger charge is 2.30. The zero-order chi connectivity index (χ0) is 12.7. The van der Waals surface area contributed by atoms with E-state index in [2.05, 4.69) is 6.55 Å². The van der Waals surface area contributed by atoms with E-state index in [4.69, 9.17) is 8.85 Å². The van der Waals surface area contributed by atoms with E-state index >= 15 is 0 Å². The van der Waals surface area contributed by atoms with Crippen LogP contribution in [0.3, 0.4) is 0 Å². The molecular weight excluding hydrogens is 235 g/mol. The summed E-state index contributed by atoms with van der Waals surface area (Å²) >= 11 is 0. The second-order valence-corrected chi connectivity index (χ2v) is 7.47. The predicted octanol–water partition coefficient (Wildman–Crippen LogP) is 3.51. The average Bonchev–Trinajstić information content (AvgIpc) is 2.29. The summed E-state index contributed by atoms with van der Waals surface area (Å²) in [6, 6.07) is 7.54. The van der Waals surface area contributed by atoms with E-state index in [1.165, 1.54) is 12.1 Å². The van der Waals surface area contributed by atoms with Crippen LogP contribution in [0.25, 0.3) is 0 Å². The zero-order valence-corrected chi connectivity index (χ0v) is 11.8. The van der Waals surface area contributed by atoms with Crippen molar-refractivity contribution in [3.8, 4) is 0 Å². The van der Waals surface area contributed by atoms with Crippen molar-refractivity contribution in [3.05, 3.63) is 35.6 Å². The third-order valence-corrected chi connectivity index (χ3v) is 5.64. The Kier molecular flexibility index (Phi) is 5.81. The minimum absolute atomic E-state index is 0.191. The van der Waals surface area contributed by atoms with E-state index in [9.17, 15) is 4.39 Å². The quantitative estimate of drug-likeness (QED) is 0.695. The molecule has 96 valence electrons. The van der Waals surface area contributed by atoms with Crippen LogP contribution in [0.15, 0.2) is 24.3 Å². The zero-order valence-electron chi connectivity index (χ0n) is 10.8. The molecule has 0 radical (unpaired) electrons. The van der Waals surface area contributed by atoms with Crippen molar-refractivity contribution < 1.29 is 13.2 Å². The molecule has 0 spiro atoms. The van der Waals surface area contributed by atoms with E-state index in [1.54, 1.807) is 0 Å². The molecule has 1 rings (SSSR count). The lowest BCUT2D eigenvalue weighted by molar-refractivity contribution is 0.189. The Morgan fingerprint density at radius 3 is 2.06 bits per heavy atom. The summed E-state index contributed by atoms with van der Waals surface area (Å²) < 4.78 is 24.3. The van der Waals surface area contributed by atoms with Crippen LogP contribution in [0.1, 0.15) is 19.4 Å². The third-order valence-electron chi connectivity index (χ3n) is 2.68. The summed E-state index contributed by atoms with van der Waals surface area (Å²) in [7, 11) is -2.04. The van der Waals surface area contributed by atoms with Gasteiger partial charge in [-0.25, -0.2) is 4.39 Å². The van der Waals surface area contributed by atoms with Gasteiger partial charge in [-0.05, 0) is 50.6 Å². The second-order valence-electron chi connectivity index (χ2n) is 4.13. The van der Waals surface area contributed by atoms with Gasteiger partial charge in [0.1, 0.15) is 5.82 Å². The van der Waals surface area contributed by atoms with Crippen molar-refractivity contribution in [1.82, 2.24) is 0 Å². The highest BCUT2D eigenvalue weighted by molar-refractivity contribution is 6.66.